The maximum Gasteiger partial charge on any atom is 0.248 e. The number of carbonyl (C=O) groups is 2. The van der Waals surface area contributed by atoms with Crippen LogP contribution in [0.4, 0.5) is 0 Å². The number of hydrogen-bond donors (Lipinski definition) is 3. The second kappa shape index (κ2) is 13.3. The van der Waals surface area contributed by atoms with E-state index in [-0.39, 0.29) is 18.6 Å². The Morgan fingerprint density at radius 2 is 1.97 bits per heavy atom. The molecule has 2 aliphatic heterocycles. The first-order valence-corrected chi connectivity index (χ1v) is 14.7. The molecule has 2 aromatic carbocycles. The number of aliphatic hydroxyl groups is 1. The Morgan fingerprint density at radius 1 is 1.23 bits per heavy atom. The highest BCUT2D eigenvalue weighted by molar-refractivity contribution is 8.14. The number of nitrogens with zero attached hydrogens (tertiary/aromatic N) is 2. The molecule has 0 unspecified atom stereocenters. The van der Waals surface area contributed by atoms with Crippen LogP contribution in [0.25, 0.3) is 0 Å². The van der Waals surface area contributed by atoms with E-state index in [0.29, 0.717) is 30.3 Å². The zero-order valence-electron chi connectivity index (χ0n) is 22.4. The first-order chi connectivity index (χ1) is 18.7. The molecule has 1 saturated heterocycles. The molecule has 2 heterocycles. The Kier molecular flexibility index (Phi) is 10.1. The van der Waals surface area contributed by atoms with Crippen molar-refractivity contribution < 1.29 is 19.4 Å². The number of aliphatic hydroxyl groups excluding tert-OH is 1. The average molecular weight is 573 g/mol. The number of halogens is 1. The molecule has 1 fully saturated rings. The molecule has 4 rings (SSSR count). The van der Waals surface area contributed by atoms with Gasteiger partial charge in [0.05, 0.1) is 42.0 Å². The number of ether oxygens (including phenoxy) is 1. The predicted molar refractivity (Wildman–Crippen MR) is 156 cm³/mol. The molecule has 8 nitrogen and oxygen atoms in total. The molecule has 10 heteroatoms. The largest absolute Gasteiger partial charge is 0.394 e. The van der Waals surface area contributed by atoms with Gasteiger partial charge in [-0.1, -0.05) is 54.1 Å². The summed E-state index contributed by atoms with van der Waals surface area (Å²) < 4.78 is 6.06. The van der Waals surface area contributed by atoms with Gasteiger partial charge in [0.25, 0.3) is 0 Å². The summed E-state index contributed by atoms with van der Waals surface area (Å²) in [7, 11) is 0. The number of amides is 2. The van der Waals surface area contributed by atoms with Crippen molar-refractivity contribution in [3.05, 3.63) is 70.7 Å². The van der Waals surface area contributed by atoms with Crippen LogP contribution in [0.5, 0.6) is 0 Å². The third-order valence-corrected chi connectivity index (χ3v) is 8.75. The van der Waals surface area contributed by atoms with Crippen molar-refractivity contribution in [2.75, 3.05) is 18.9 Å². The topological polar surface area (TPSA) is 117 Å². The number of nitrogens with two attached hydrogens (primary N) is 1. The fraction of sp³-hybridized carbons (Fsp3) is 0.483. The number of carbonyl (C=O) groups excluding carboxylic acids is 2. The highest BCUT2D eigenvalue weighted by Gasteiger charge is 2.43. The molecule has 39 heavy (non-hydrogen) atoms. The summed E-state index contributed by atoms with van der Waals surface area (Å²) in [5.41, 5.74) is 7.13. The van der Waals surface area contributed by atoms with Gasteiger partial charge in [-0.25, -0.2) is 0 Å². The van der Waals surface area contributed by atoms with Crippen LogP contribution in [0.15, 0.2) is 59.6 Å². The van der Waals surface area contributed by atoms with Crippen molar-refractivity contribution in [2.45, 2.75) is 69.5 Å². The van der Waals surface area contributed by atoms with Gasteiger partial charge in [-0.2, -0.15) is 0 Å². The quantitative estimate of drug-likeness (QED) is 0.381. The van der Waals surface area contributed by atoms with E-state index < -0.39 is 29.6 Å². The van der Waals surface area contributed by atoms with Gasteiger partial charge in [-0.05, 0) is 49.9 Å². The highest BCUT2D eigenvalue weighted by atomic mass is 35.5. The molecule has 4 N–H and O–H groups in total. The van der Waals surface area contributed by atoms with Gasteiger partial charge in [0, 0.05) is 23.7 Å². The summed E-state index contributed by atoms with van der Waals surface area (Å²) in [5.74, 6) is -0.00920. The van der Waals surface area contributed by atoms with Gasteiger partial charge in [0.1, 0.15) is 6.04 Å². The Balaban J connectivity index is 1.52. The normalized spacial score (nSPS) is 23.3. The maximum absolute atomic E-state index is 13.9. The minimum atomic E-state index is -0.895. The van der Waals surface area contributed by atoms with Crippen LogP contribution in [0, 0.1) is 0 Å². The van der Waals surface area contributed by atoms with Crippen molar-refractivity contribution in [3.63, 3.8) is 0 Å². The summed E-state index contributed by atoms with van der Waals surface area (Å²) in [6, 6.07) is 15.4. The summed E-state index contributed by atoms with van der Waals surface area (Å²) in [6.07, 6.45) is 1.56. The number of likely N-dealkylation sites (tertiary alicyclic amines) is 1. The smallest absolute Gasteiger partial charge is 0.248 e. The van der Waals surface area contributed by atoms with Crippen LogP contribution >= 0.6 is 23.4 Å². The van der Waals surface area contributed by atoms with Gasteiger partial charge in [-0.15, -0.1) is 11.8 Å². The first-order valence-electron chi connectivity index (χ1n) is 13.3. The molecule has 2 aliphatic rings. The van der Waals surface area contributed by atoms with E-state index in [2.05, 4.69) is 5.32 Å². The van der Waals surface area contributed by atoms with Crippen molar-refractivity contribution >= 4 is 40.2 Å². The van der Waals surface area contributed by atoms with Crippen molar-refractivity contribution in [3.8, 4) is 0 Å². The lowest BCUT2D eigenvalue weighted by Gasteiger charge is -2.32. The lowest BCUT2D eigenvalue weighted by atomic mass is 9.94. The van der Waals surface area contributed by atoms with Crippen LogP contribution < -0.4 is 11.1 Å². The molecule has 0 bridgehead atoms. The molecule has 210 valence electrons. The summed E-state index contributed by atoms with van der Waals surface area (Å²) >= 11 is 7.76. The molecular weight excluding hydrogens is 536 g/mol. The number of hydrogen-bond acceptors (Lipinski definition) is 7. The van der Waals surface area contributed by atoms with Gasteiger partial charge < -0.3 is 25.8 Å². The molecule has 0 aliphatic carbocycles. The van der Waals surface area contributed by atoms with Crippen LogP contribution in [-0.4, -0.2) is 75.5 Å². The number of aliphatic imine (C=N–C) groups is 1. The number of benzene rings is 2. The molecule has 2 aromatic rings. The molecule has 0 aromatic heterocycles. The van der Waals surface area contributed by atoms with Gasteiger partial charge in [0.2, 0.25) is 11.8 Å². The van der Waals surface area contributed by atoms with E-state index >= 15 is 0 Å². The van der Waals surface area contributed by atoms with Crippen LogP contribution in [-0.2, 0) is 27.4 Å². The fourth-order valence-electron chi connectivity index (χ4n) is 4.96. The fourth-order valence-corrected chi connectivity index (χ4v) is 6.54. The van der Waals surface area contributed by atoms with Gasteiger partial charge in [-0.3, -0.25) is 14.6 Å². The minimum absolute atomic E-state index is 0.103. The van der Waals surface area contributed by atoms with E-state index in [9.17, 15) is 14.7 Å². The zero-order chi connectivity index (χ0) is 28.0. The van der Waals surface area contributed by atoms with Crippen molar-refractivity contribution in [1.29, 1.82) is 0 Å². The second-order valence-electron chi connectivity index (χ2n) is 10.4. The third-order valence-electron chi connectivity index (χ3n) is 7.18. The molecular formula is C29H37ClN4O4S. The van der Waals surface area contributed by atoms with Gasteiger partial charge >= 0.3 is 0 Å². The van der Waals surface area contributed by atoms with E-state index in [0.717, 1.165) is 29.0 Å². The number of thioether (sulfide) groups is 1. The molecule has 5 atom stereocenters. The minimum Gasteiger partial charge on any atom is -0.394 e. The van der Waals surface area contributed by atoms with E-state index in [1.165, 1.54) is 0 Å². The number of rotatable bonds is 11. The first kappa shape index (κ1) is 29.6. The molecule has 0 saturated carbocycles. The highest BCUT2D eigenvalue weighted by Crippen LogP contribution is 2.36. The molecule has 0 spiro atoms. The average Bonchev–Trinajstić information content (AvgIpc) is 3.58. The van der Waals surface area contributed by atoms with Crippen molar-refractivity contribution in [2.24, 2.45) is 10.7 Å². The standard InChI is InChI=1S/C29H37ClN4O4S/c1-19(31)26(36)32-25(20(2)38-16-21-8-4-3-5-9-21)28(37)34-13-7-12-24(34)27-33-29(17-35,18-39-27)15-22-10-6-11-23(30)14-22/h3-6,8-11,14,19-20,24-25,35H,7,12-13,15-18,31H2,1-2H3,(H,32,36)/t19-,20+,24-,25-,29-/m0/s1. The number of nitrogens with one attached hydrogen (secondary N) is 1. The lowest BCUT2D eigenvalue weighted by molar-refractivity contribution is -0.141. The Labute approximate surface area is 239 Å². The van der Waals surface area contributed by atoms with Crippen LogP contribution in [0.1, 0.15) is 37.8 Å². The summed E-state index contributed by atoms with van der Waals surface area (Å²) in [4.78, 5) is 33.3. The van der Waals surface area contributed by atoms with Gasteiger partial charge in [0.15, 0.2) is 0 Å². The Hall–Kier alpha value is -2.43. The van der Waals surface area contributed by atoms with Crippen LogP contribution in [0.2, 0.25) is 5.02 Å². The van der Waals surface area contributed by atoms with E-state index in [4.69, 9.17) is 27.1 Å². The van der Waals surface area contributed by atoms with E-state index in [1.807, 2.05) is 54.6 Å². The molecule has 2 amide bonds. The summed E-state index contributed by atoms with van der Waals surface area (Å²) in [6.45, 7) is 4.15. The Bertz CT molecular complexity index is 1180. The van der Waals surface area contributed by atoms with E-state index in [1.54, 1.807) is 30.5 Å². The lowest BCUT2D eigenvalue weighted by Crippen LogP contribution is -2.58. The monoisotopic (exact) mass is 572 g/mol. The predicted octanol–water partition coefficient (Wildman–Crippen LogP) is 3.19. The van der Waals surface area contributed by atoms with Crippen molar-refractivity contribution in [1.82, 2.24) is 10.2 Å². The second-order valence-corrected chi connectivity index (χ2v) is 11.8. The molecule has 0 radical (unpaired) electrons. The third kappa shape index (κ3) is 7.41. The zero-order valence-corrected chi connectivity index (χ0v) is 24.0. The SMILES string of the molecule is C[C@H](N)C(=O)N[C@H](C(=O)N1CCC[C@H]1C1=N[C@](CO)(Cc2cccc(Cl)c2)CS1)[C@@H](C)OCc1ccccc1. The Morgan fingerprint density at radius 3 is 2.67 bits per heavy atom. The van der Waals surface area contributed by atoms with Crippen LogP contribution in [0.3, 0.4) is 0 Å². The summed E-state index contributed by atoms with van der Waals surface area (Å²) in [5, 5.41) is 14.6. The maximum atomic E-state index is 13.9.